The first kappa shape index (κ1) is 27.8. The number of carbonyl (C=O) groups excluding carboxylic acids is 2. The lowest BCUT2D eigenvalue weighted by atomic mass is 10.1. The first-order valence-corrected chi connectivity index (χ1v) is 14.0. The van der Waals surface area contributed by atoms with Crippen LogP contribution in [0.25, 0.3) is 10.8 Å². The molecule has 3 aromatic rings. The topological polar surface area (TPSA) is 86.8 Å². The lowest BCUT2D eigenvalue weighted by molar-refractivity contribution is -0.139. The Morgan fingerprint density at radius 2 is 1.64 bits per heavy atom. The quantitative estimate of drug-likeness (QED) is 0.413. The molecular weight excluding hydrogens is 521 g/mol. The van der Waals surface area contributed by atoms with Gasteiger partial charge in [-0.2, -0.15) is 0 Å². The van der Waals surface area contributed by atoms with Gasteiger partial charge in [-0.3, -0.25) is 13.9 Å². The first-order valence-electron chi connectivity index (χ1n) is 11.4. The minimum Gasteiger partial charge on any atom is -0.352 e. The number of sulfonamides is 1. The third kappa shape index (κ3) is 6.69. The second-order valence-corrected chi connectivity index (χ2v) is 11.6. The second-order valence-electron chi connectivity index (χ2n) is 8.86. The van der Waals surface area contributed by atoms with E-state index in [1.54, 1.807) is 49.4 Å². The number of nitrogens with zero attached hydrogens (tertiary/aromatic N) is 2. The lowest BCUT2D eigenvalue weighted by Gasteiger charge is -2.32. The van der Waals surface area contributed by atoms with Crippen LogP contribution < -0.4 is 9.62 Å². The van der Waals surface area contributed by atoms with E-state index >= 15 is 0 Å². The molecule has 0 spiro atoms. The van der Waals surface area contributed by atoms with Crippen LogP contribution in [0.2, 0.25) is 10.0 Å². The number of hydrogen-bond acceptors (Lipinski definition) is 4. The van der Waals surface area contributed by atoms with Crippen molar-refractivity contribution in [3.05, 3.63) is 76.3 Å². The Kier molecular flexibility index (Phi) is 8.87. The van der Waals surface area contributed by atoms with Crippen molar-refractivity contribution in [1.29, 1.82) is 0 Å². The van der Waals surface area contributed by atoms with E-state index in [1.807, 2.05) is 32.0 Å². The molecule has 0 unspecified atom stereocenters. The van der Waals surface area contributed by atoms with E-state index in [2.05, 4.69) is 5.32 Å². The molecule has 1 atom stereocenters. The number of amides is 2. The summed E-state index contributed by atoms with van der Waals surface area (Å²) >= 11 is 12.4. The summed E-state index contributed by atoms with van der Waals surface area (Å²) in [5.74, 6) is -0.912. The van der Waals surface area contributed by atoms with Gasteiger partial charge in [-0.05, 0) is 49.9 Å². The summed E-state index contributed by atoms with van der Waals surface area (Å²) in [7, 11) is -3.85. The minimum absolute atomic E-state index is 0.00530. The van der Waals surface area contributed by atoms with E-state index in [0.29, 0.717) is 26.7 Å². The fourth-order valence-corrected chi connectivity index (χ4v) is 5.17. The van der Waals surface area contributed by atoms with Gasteiger partial charge in [0, 0.05) is 28.0 Å². The van der Waals surface area contributed by atoms with Gasteiger partial charge in [0.1, 0.15) is 12.6 Å². The maximum absolute atomic E-state index is 13.7. The summed E-state index contributed by atoms with van der Waals surface area (Å²) in [6, 6.07) is 16.4. The molecule has 0 heterocycles. The van der Waals surface area contributed by atoms with Gasteiger partial charge >= 0.3 is 0 Å². The van der Waals surface area contributed by atoms with Gasteiger partial charge in [0.2, 0.25) is 21.8 Å². The second kappa shape index (κ2) is 11.5. The number of nitrogens with one attached hydrogen (secondary N) is 1. The molecule has 36 heavy (non-hydrogen) atoms. The Bertz CT molecular complexity index is 1370. The van der Waals surface area contributed by atoms with Gasteiger partial charge in [-0.25, -0.2) is 8.42 Å². The molecule has 3 rings (SSSR count). The summed E-state index contributed by atoms with van der Waals surface area (Å²) in [5, 5.41) is 5.11. The fourth-order valence-electron chi connectivity index (χ4n) is 3.84. The number of hydrogen-bond donors (Lipinski definition) is 1. The molecule has 0 aliphatic carbocycles. The highest BCUT2D eigenvalue weighted by Crippen LogP contribution is 2.29. The highest BCUT2D eigenvalue weighted by molar-refractivity contribution is 7.92. The van der Waals surface area contributed by atoms with Crippen LogP contribution in [0.5, 0.6) is 0 Å². The number of anilines is 1. The highest BCUT2D eigenvalue weighted by Gasteiger charge is 2.31. The minimum atomic E-state index is -3.85. The van der Waals surface area contributed by atoms with Crippen molar-refractivity contribution < 1.29 is 18.0 Å². The van der Waals surface area contributed by atoms with Crippen molar-refractivity contribution in [2.75, 3.05) is 17.1 Å². The summed E-state index contributed by atoms with van der Waals surface area (Å²) in [4.78, 5) is 27.9. The predicted molar refractivity (Wildman–Crippen MR) is 146 cm³/mol. The van der Waals surface area contributed by atoms with Gasteiger partial charge in [0.05, 0.1) is 11.9 Å². The highest BCUT2D eigenvalue weighted by atomic mass is 35.5. The molecule has 192 valence electrons. The molecule has 0 aromatic heterocycles. The molecule has 3 aromatic carbocycles. The predicted octanol–water partition coefficient (Wildman–Crippen LogP) is 4.85. The maximum Gasteiger partial charge on any atom is 0.244 e. The molecule has 7 nitrogen and oxygen atoms in total. The zero-order chi connectivity index (χ0) is 26.6. The third-order valence-electron chi connectivity index (χ3n) is 5.67. The van der Waals surface area contributed by atoms with Gasteiger partial charge in [0.25, 0.3) is 0 Å². The number of carbonyl (C=O) groups is 2. The van der Waals surface area contributed by atoms with E-state index in [1.165, 1.54) is 4.90 Å². The molecule has 1 N–H and O–H groups in total. The zero-order valence-corrected chi connectivity index (χ0v) is 22.9. The molecule has 10 heteroatoms. The van der Waals surface area contributed by atoms with Crippen LogP contribution in [0.15, 0.2) is 60.7 Å². The zero-order valence-electron chi connectivity index (χ0n) is 20.5. The SMILES string of the molecule is CC(C)NC(=O)[C@H](C)N(Cc1ccc(Cl)cc1Cl)C(=O)CN(c1cccc2ccccc12)S(C)(=O)=O. The molecule has 0 aliphatic heterocycles. The van der Waals surface area contributed by atoms with Gasteiger partial charge in [0.15, 0.2) is 0 Å². The van der Waals surface area contributed by atoms with E-state index in [9.17, 15) is 18.0 Å². The normalized spacial score (nSPS) is 12.4. The van der Waals surface area contributed by atoms with Crippen molar-refractivity contribution >= 4 is 61.5 Å². The average molecular weight is 551 g/mol. The smallest absolute Gasteiger partial charge is 0.244 e. The Morgan fingerprint density at radius 1 is 0.972 bits per heavy atom. The lowest BCUT2D eigenvalue weighted by Crippen LogP contribution is -2.52. The average Bonchev–Trinajstić information content (AvgIpc) is 2.80. The standard InChI is InChI=1S/C26H29Cl2N3O4S/c1-17(2)29-26(33)18(3)30(15-20-12-13-21(27)14-23(20)28)25(32)16-31(36(4,34)35)24-11-7-9-19-8-5-6-10-22(19)24/h5-14,17-18H,15-16H2,1-4H3,(H,29,33)/t18-/m0/s1. The summed E-state index contributed by atoms with van der Waals surface area (Å²) in [6.07, 6.45) is 1.05. The third-order valence-corrected chi connectivity index (χ3v) is 7.38. The van der Waals surface area contributed by atoms with Crippen LogP contribution in [0.3, 0.4) is 0 Å². The number of benzene rings is 3. The van der Waals surface area contributed by atoms with Crippen molar-refractivity contribution in [2.45, 2.75) is 39.4 Å². The van der Waals surface area contributed by atoms with Crippen LogP contribution in [-0.2, 0) is 26.2 Å². The molecule has 2 amide bonds. The Balaban J connectivity index is 2.02. The maximum atomic E-state index is 13.7. The monoisotopic (exact) mass is 549 g/mol. The Morgan fingerprint density at radius 3 is 2.28 bits per heavy atom. The van der Waals surface area contributed by atoms with Gasteiger partial charge in [-0.15, -0.1) is 0 Å². The van der Waals surface area contributed by atoms with E-state index < -0.39 is 28.5 Å². The van der Waals surface area contributed by atoms with E-state index in [-0.39, 0.29) is 18.5 Å². The fraction of sp³-hybridized carbons (Fsp3) is 0.308. The molecule has 0 fully saturated rings. The summed E-state index contributed by atoms with van der Waals surface area (Å²) < 4.78 is 26.8. The van der Waals surface area contributed by atoms with Crippen molar-refractivity contribution in [2.24, 2.45) is 0 Å². The molecule has 0 aliphatic rings. The van der Waals surface area contributed by atoms with Crippen LogP contribution in [0, 0.1) is 0 Å². The molecule has 0 bridgehead atoms. The first-order chi connectivity index (χ1) is 16.9. The van der Waals surface area contributed by atoms with Crippen LogP contribution in [-0.4, -0.2) is 50.0 Å². The largest absolute Gasteiger partial charge is 0.352 e. The molecule has 0 saturated carbocycles. The summed E-state index contributed by atoms with van der Waals surface area (Å²) in [6.45, 7) is 4.74. The van der Waals surface area contributed by atoms with Crippen LogP contribution in [0.1, 0.15) is 26.3 Å². The van der Waals surface area contributed by atoms with Crippen molar-refractivity contribution in [1.82, 2.24) is 10.2 Å². The molecule has 0 saturated heterocycles. The van der Waals surface area contributed by atoms with Crippen LogP contribution in [0.4, 0.5) is 5.69 Å². The van der Waals surface area contributed by atoms with Crippen molar-refractivity contribution in [3.8, 4) is 0 Å². The Hall–Kier alpha value is -2.81. The van der Waals surface area contributed by atoms with Crippen LogP contribution >= 0.6 is 23.2 Å². The summed E-state index contributed by atoms with van der Waals surface area (Å²) in [5.41, 5.74) is 0.961. The number of rotatable bonds is 9. The molecule has 0 radical (unpaired) electrons. The van der Waals surface area contributed by atoms with E-state index in [4.69, 9.17) is 23.2 Å². The van der Waals surface area contributed by atoms with Crippen molar-refractivity contribution in [3.63, 3.8) is 0 Å². The van der Waals surface area contributed by atoms with E-state index in [0.717, 1.165) is 15.9 Å². The molecular formula is C26H29Cl2N3O4S. The van der Waals surface area contributed by atoms with Gasteiger partial charge in [-0.1, -0.05) is 65.7 Å². The Labute approximate surface area is 222 Å². The number of fused-ring (bicyclic) bond motifs is 1. The number of halogens is 2. The van der Waals surface area contributed by atoms with Gasteiger partial charge < -0.3 is 10.2 Å².